The molecule has 0 aliphatic heterocycles. The summed E-state index contributed by atoms with van der Waals surface area (Å²) in [6, 6.07) is 0. The molecule has 0 aromatic heterocycles. The average molecular weight is 192 g/mol. The van der Waals surface area contributed by atoms with Gasteiger partial charge in [-0.05, 0) is 42.9 Å². The topological polar surface area (TPSA) is 26.3 Å². The van der Waals surface area contributed by atoms with E-state index in [2.05, 4.69) is 12.2 Å². The number of carbonyl (C=O) groups is 1. The molecule has 0 unspecified atom stereocenters. The van der Waals surface area contributed by atoms with Crippen LogP contribution in [0.5, 0.6) is 0 Å². The average Bonchev–Trinajstić information content (AvgIpc) is 2.85. The van der Waals surface area contributed by atoms with Crippen LogP contribution >= 0.6 is 0 Å². The summed E-state index contributed by atoms with van der Waals surface area (Å²) < 4.78 is 5.59. The highest BCUT2D eigenvalue weighted by Gasteiger charge is 2.52. The van der Waals surface area contributed by atoms with Crippen molar-refractivity contribution in [2.24, 2.45) is 23.7 Å². The number of ether oxygens (including phenoxy) is 1. The van der Waals surface area contributed by atoms with Crippen molar-refractivity contribution in [3.05, 3.63) is 12.2 Å². The third-order valence-electron chi connectivity index (χ3n) is 4.33. The smallest absolute Gasteiger partial charge is 0.145 e. The summed E-state index contributed by atoms with van der Waals surface area (Å²) >= 11 is 0. The van der Waals surface area contributed by atoms with Gasteiger partial charge in [-0.3, -0.25) is 0 Å². The number of hydrogen-bond acceptors (Lipinski definition) is 2. The summed E-state index contributed by atoms with van der Waals surface area (Å²) in [7, 11) is 0. The lowest BCUT2D eigenvalue weighted by Crippen LogP contribution is -2.30. The summed E-state index contributed by atoms with van der Waals surface area (Å²) in [6.45, 7) is 0.287. The maximum Gasteiger partial charge on any atom is 0.145 e. The summed E-state index contributed by atoms with van der Waals surface area (Å²) in [5.74, 6) is 3.27. The van der Waals surface area contributed by atoms with E-state index in [-0.39, 0.29) is 6.61 Å². The lowest BCUT2D eigenvalue weighted by Gasteiger charge is -2.30. The predicted octanol–water partition coefficient (Wildman–Crippen LogP) is 1.80. The quantitative estimate of drug-likeness (QED) is 0.503. The van der Waals surface area contributed by atoms with Crippen LogP contribution in [0.2, 0.25) is 0 Å². The Kier molecular flexibility index (Phi) is 1.98. The molecule has 3 aliphatic carbocycles. The molecule has 0 heterocycles. The molecule has 76 valence electrons. The molecule has 0 radical (unpaired) electrons. The molecular formula is C12H16O2. The second-order valence-electron chi connectivity index (χ2n) is 4.84. The van der Waals surface area contributed by atoms with Gasteiger partial charge in [0.15, 0.2) is 0 Å². The van der Waals surface area contributed by atoms with Gasteiger partial charge in [-0.2, -0.15) is 0 Å². The van der Waals surface area contributed by atoms with E-state index in [0.717, 1.165) is 24.0 Å². The third kappa shape index (κ3) is 1.10. The first-order valence-corrected chi connectivity index (χ1v) is 5.62. The van der Waals surface area contributed by atoms with Crippen LogP contribution in [0, 0.1) is 23.7 Å². The minimum atomic E-state index is 0.287. The Morgan fingerprint density at radius 3 is 3.14 bits per heavy atom. The van der Waals surface area contributed by atoms with E-state index < -0.39 is 0 Å². The highest BCUT2D eigenvalue weighted by molar-refractivity contribution is 5.50. The molecule has 0 aromatic carbocycles. The van der Waals surface area contributed by atoms with E-state index in [1.54, 1.807) is 0 Å². The Morgan fingerprint density at radius 1 is 1.36 bits per heavy atom. The number of aldehydes is 1. The van der Waals surface area contributed by atoms with Crippen LogP contribution in [0.15, 0.2) is 12.2 Å². The SMILES string of the molecule is O=CCO[C@@H]1C[C@H]2C[C@H]1[C@@H]1C=CC[C@@H]21. The summed E-state index contributed by atoms with van der Waals surface area (Å²) in [4.78, 5) is 10.3. The van der Waals surface area contributed by atoms with Crippen molar-refractivity contribution in [2.45, 2.75) is 25.4 Å². The second-order valence-corrected chi connectivity index (χ2v) is 4.84. The maximum absolute atomic E-state index is 10.3. The van der Waals surface area contributed by atoms with Gasteiger partial charge in [0, 0.05) is 0 Å². The number of carbonyl (C=O) groups excluding carboxylic acids is 1. The zero-order chi connectivity index (χ0) is 9.54. The molecule has 3 rings (SSSR count). The number of fused-ring (bicyclic) bond motifs is 5. The molecule has 2 bridgehead atoms. The Hall–Kier alpha value is -0.630. The molecule has 5 atom stereocenters. The van der Waals surface area contributed by atoms with E-state index >= 15 is 0 Å². The number of allylic oxidation sites excluding steroid dienone is 2. The van der Waals surface area contributed by atoms with Crippen LogP contribution in [0.3, 0.4) is 0 Å². The molecule has 2 heteroatoms. The van der Waals surface area contributed by atoms with Gasteiger partial charge >= 0.3 is 0 Å². The maximum atomic E-state index is 10.3. The van der Waals surface area contributed by atoms with Crippen LogP contribution in [0.4, 0.5) is 0 Å². The summed E-state index contributed by atoms with van der Waals surface area (Å²) in [5, 5.41) is 0. The molecule has 3 aliphatic rings. The fraction of sp³-hybridized carbons (Fsp3) is 0.750. The first-order valence-electron chi connectivity index (χ1n) is 5.62. The Morgan fingerprint density at radius 2 is 2.29 bits per heavy atom. The Bertz CT molecular complexity index is 271. The van der Waals surface area contributed by atoms with Crippen molar-refractivity contribution >= 4 is 6.29 Å². The van der Waals surface area contributed by atoms with Gasteiger partial charge in [0.2, 0.25) is 0 Å². The van der Waals surface area contributed by atoms with Crippen molar-refractivity contribution in [3.63, 3.8) is 0 Å². The number of hydrogen-bond donors (Lipinski definition) is 0. The van der Waals surface area contributed by atoms with Gasteiger partial charge in [-0.1, -0.05) is 12.2 Å². The van der Waals surface area contributed by atoms with Crippen molar-refractivity contribution in [2.75, 3.05) is 6.61 Å². The summed E-state index contributed by atoms with van der Waals surface area (Å²) in [6.07, 6.45) is 9.77. The van der Waals surface area contributed by atoms with E-state index in [9.17, 15) is 4.79 Å². The van der Waals surface area contributed by atoms with Gasteiger partial charge in [0.1, 0.15) is 12.9 Å². The van der Waals surface area contributed by atoms with Gasteiger partial charge < -0.3 is 9.53 Å². The van der Waals surface area contributed by atoms with E-state index in [0.29, 0.717) is 12.0 Å². The molecule has 0 aromatic rings. The van der Waals surface area contributed by atoms with Crippen molar-refractivity contribution in [3.8, 4) is 0 Å². The highest BCUT2D eigenvalue weighted by Crippen LogP contribution is 2.57. The number of rotatable bonds is 3. The fourth-order valence-electron chi connectivity index (χ4n) is 3.84. The van der Waals surface area contributed by atoms with Gasteiger partial charge in [0.25, 0.3) is 0 Å². The second kappa shape index (κ2) is 3.20. The largest absolute Gasteiger partial charge is 0.370 e. The van der Waals surface area contributed by atoms with E-state index in [1.807, 2.05) is 0 Å². The zero-order valence-electron chi connectivity index (χ0n) is 8.26. The van der Waals surface area contributed by atoms with Crippen molar-refractivity contribution in [1.29, 1.82) is 0 Å². The van der Waals surface area contributed by atoms with Gasteiger partial charge in [0.05, 0.1) is 6.10 Å². The molecule has 0 N–H and O–H groups in total. The first kappa shape index (κ1) is 8.66. The summed E-state index contributed by atoms with van der Waals surface area (Å²) in [5.41, 5.74) is 0. The van der Waals surface area contributed by atoms with Crippen LogP contribution in [0.1, 0.15) is 19.3 Å². The molecule has 0 amide bonds. The monoisotopic (exact) mass is 192 g/mol. The van der Waals surface area contributed by atoms with Crippen molar-refractivity contribution < 1.29 is 9.53 Å². The zero-order valence-corrected chi connectivity index (χ0v) is 8.26. The molecule has 2 nitrogen and oxygen atoms in total. The standard InChI is InChI=1S/C12H16O2/c13-4-5-14-12-7-8-6-11(12)10-3-1-2-9(8)10/h1,3-4,8-12H,2,5-7H2/t8-,9+,10-,11+,12-/m1/s1. The van der Waals surface area contributed by atoms with Crippen LogP contribution < -0.4 is 0 Å². The van der Waals surface area contributed by atoms with Crippen LogP contribution in [-0.4, -0.2) is 19.0 Å². The minimum Gasteiger partial charge on any atom is -0.370 e. The Balaban J connectivity index is 1.70. The predicted molar refractivity (Wildman–Crippen MR) is 52.8 cm³/mol. The lowest BCUT2D eigenvalue weighted by molar-refractivity contribution is -0.115. The molecule has 2 fully saturated rings. The molecule has 2 saturated carbocycles. The normalized spacial score (nSPS) is 48.4. The fourth-order valence-corrected chi connectivity index (χ4v) is 3.84. The Labute approximate surface area is 84.3 Å². The molecule has 14 heavy (non-hydrogen) atoms. The van der Waals surface area contributed by atoms with Gasteiger partial charge in [-0.25, -0.2) is 0 Å². The van der Waals surface area contributed by atoms with Gasteiger partial charge in [-0.15, -0.1) is 0 Å². The third-order valence-corrected chi connectivity index (χ3v) is 4.33. The highest BCUT2D eigenvalue weighted by atomic mass is 16.5. The van der Waals surface area contributed by atoms with E-state index in [1.165, 1.54) is 19.3 Å². The van der Waals surface area contributed by atoms with E-state index in [4.69, 9.17) is 4.74 Å². The lowest BCUT2D eigenvalue weighted by atomic mass is 9.80. The van der Waals surface area contributed by atoms with Crippen LogP contribution in [-0.2, 0) is 9.53 Å². The first-order chi connectivity index (χ1) is 6.90. The van der Waals surface area contributed by atoms with Crippen LogP contribution in [0.25, 0.3) is 0 Å². The molecule has 0 saturated heterocycles. The minimum absolute atomic E-state index is 0.287. The molecular weight excluding hydrogens is 176 g/mol. The molecule has 0 spiro atoms. The van der Waals surface area contributed by atoms with Crippen molar-refractivity contribution in [1.82, 2.24) is 0 Å².